The van der Waals surface area contributed by atoms with Crippen LogP contribution < -0.4 is 0 Å². The third kappa shape index (κ3) is 2.20. The number of carbonyl (C=O) groups excluding carboxylic acids is 1. The van der Waals surface area contributed by atoms with Crippen LogP contribution in [0, 0.1) is 5.82 Å². The maximum Gasteiger partial charge on any atom is 0.256 e. The number of hydrogen-bond acceptors (Lipinski definition) is 2. The molecule has 0 aromatic heterocycles. The Labute approximate surface area is 85.2 Å². The van der Waals surface area contributed by atoms with E-state index < -0.39 is 0 Å². The summed E-state index contributed by atoms with van der Waals surface area (Å²) in [6, 6.07) is 6.35. The SMILES string of the molecule is O=C1CSC(Cc2cccc(F)c2)=N1. The zero-order valence-corrected chi connectivity index (χ0v) is 8.18. The standard InChI is InChI=1S/C10H8FNOS/c11-8-3-1-2-7(4-8)5-10-12-9(13)6-14-10/h1-4H,5-6H2. The molecule has 0 unspecified atom stereocenters. The lowest BCUT2D eigenvalue weighted by molar-refractivity contribution is -0.115. The molecule has 0 fully saturated rings. The van der Waals surface area contributed by atoms with Crippen LogP contribution in [0.1, 0.15) is 5.56 Å². The third-order valence-corrected chi connectivity index (χ3v) is 2.82. The lowest BCUT2D eigenvalue weighted by Crippen LogP contribution is -1.95. The number of aliphatic imine (C=N–C) groups is 1. The average Bonchev–Trinajstić information content (AvgIpc) is 2.51. The molecule has 0 spiro atoms. The molecular weight excluding hydrogens is 201 g/mol. The molecule has 4 heteroatoms. The topological polar surface area (TPSA) is 29.4 Å². The smallest absolute Gasteiger partial charge is 0.256 e. The third-order valence-electron chi connectivity index (χ3n) is 1.86. The van der Waals surface area contributed by atoms with Gasteiger partial charge in [0.2, 0.25) is 0 Å². The first-order chi connectivity index (χ1) is 6.74. The lowest BCUT2D eigenvalue weighted by Gasteiger charge is -1.99. The summed E-state index contributed by atoms with van der Waals surface area (Å²) in [6.45, 7) is 0. The molecule has 1 aromatic carbocycles. The molecule has 0 saturated carbocycles. The van der Waals surface area contributed by atoms with E-state index in [4.69, 9.17) is 0 Å². The van der Waals surface area contributed by atoms with Crippen molar-refractivity contribution < 1.29 is 9.18 Å². The second kappa shape index (κ2) is 3.92. The van der Waals surface area contributed by atoms with Gasteiger partial charge < -0.3 is 0 Å². The van der Waals surface area contributed by atoms with E-state index in [0.717, 1.165) is 10.6 Å². The summed E-state index contributed by atoms with van der Waals surface area (Å²) in [5.41, 5.74) is 0.853. The molecule has 1 amide bonds. The summed E-state index contributed by atoms with van der Waals surface area (Å²) in [4.78, 5) is 14.7. The first-order valence-electron chi connectivity index (χ1n) is 4.22. The minimum absolute atomic E-state index is 0.0959. The van der Waals surface area contributed by atoms with Gasteiger partial charge in [0.25, 0.3) is 5.91 Å². The van der Waals surface area contributed by atoms with Crippen LogP contribution in [0.4, 0.5) is 4.39 Å². The fourth-order valence-electron chi connectivity index (χ4n) is 1.26. The number of benzene rings is 1. The molecule has 14 heavy (non-hydrogen) atoms. The van der Waals surface area contributed by atoms with E-state index >= 15 is 0 Å². The monoisotopic (exact) mass is 209 g/mol. The van der Waals surface area contributed by atoms with Gasteiger partial charge in [-0.2, -0.15) is 0 Å². The molecule has 0 N–H and O–H groups in total. The van der Waals surface area contributed by atoms with Gasteiger partial charge >= 0.3 is 0 Å². The highest BCUT2D eigenvalue weighted by Crippen LogP contribution is 2.17. The van der Waals surface area contributed by atoms with E-state index in [1.165, 1.54) is 23.9 Å². The van der Waals surface area contributed by atoms with Crippen molar-refractivity contribution in [2.75, 3.05) is 5.75 Å². The van der Waals surface area contributed by atoms with Crippen LogP contribution in [0.25, 0.3) is 0 Å². The zero-order valence-electron chi connectivity index (χ0n) is 7.37. The predicted molar refractivity (Wildman–Crippen MR) is 55.0 cm³/mol. The molecule has 72 valence electrons. The van der Waals surface area contributed by atoms with Gasteiger partial charge in [-0.3, -0.25) is 4.79 Å². The summed E-state index contributed by atoms with van der Waals surface area (Å²) in [5, 5.41) is 0.778. The van der Waals surface area contributed by atoms with Crippen molar-refractivity contribution in [3.05, 3.63) is 35.6 Å². The van der Waals surface area contributed by atoms with Crippen molar-refractivity contribution in [1.82, 2.24) is 0 Å². The van der Waals surface area contributed by atoms with E-state index in [9.17, 15) is 9.18 Å². The molecule has 0 saturated heterocycles. The minimum atomic E-state index is -0.252. The van der Waals surface area contributed by atoms with Gasteiger partial charge in [0.05, 0.1) is 10.8 Å². The van der Waals surface area contributed by atoms with Crippen molar-refractivity contribution in [2.45, 2.75) is 6.42 Å². The highest BCUT2D eigenvalue weighted by atomic mass is 32.2. The average molecular weight is 209 g/mol. The van der Waals surface area contributed by atoms with Gasteiger partial charge in [-0.25, -0.2) is 9.38 Å². The highest BCUT2D eigenvalue weighted by molar-refractivity contribution is 8.15. The second-order valence-electron chi connectivity index (χ2n) is 2.99. The number of thioether (sulfide) groups is 1. The van der Waals surface area contributed by atoms with E-state index in [1.807, 2.05) is 6.07 Å². The quantitative estimate of drug-likeness (QED) is 0.746. The Hall–Kier alpha value is -1.16. The second-order valence-corrected chi connectivity index (χ2v) is 4.04. The fourth-order valence-corrected chi connectivity index (χ4v) is 2.05. The molecule has 2 rings (SSSR count). The summed E-state index contributed by atoms with van der Waals surface area (Å²) in [7, 11) is 0. The Morgan fingerprint density at radius 3 is 3.00 bits per heavy atom. The molecule has 2 nitrogen and oxygen atoms in total. The van der Waals surface area contributed by atoms with Crippen molar-refractivity contribution in [3.8, 4) is 0 Å². The van der Waals surface area contributed by atoms with Gasteiger partial charge in [0, 0.05) is 6.42 Å². The van der Waals surface area contributed by atoms with Crippen molar-refractivity contribution in [3.63, 3.8) is 0 Å². The maximum atomic E-state index is 12.8. The fraction of sp³-hybridized carbons (Fsp3) is 0.200. The van der Waals surface area contributed by atoms with Crippen molar-refractivity contribution >= 4 is 22.7 Å². The Kier molecular flexibility index (Phi) is 2.63. The normalized spacial score (nSPS) is 15.8. The molecule has 0 bridgehead atoms. The van der Waals surface area contributed by atoms with Gasteiger partial charge in [0.15, 0.2) is 0 Å². The number of carbonyl (C=O) groups is 1. The number of rotatable bonds is 2. The largest absolute Gasteiger partial charge is 0.272 e. The summed E-state index contributed by atoms with van der Waals surface area (Å²) >= 11 is 1.43. The van der Waals surface area contributed by atoms with Gasteiger partial charge in [-0.1, -0.05) is 12.1 Å². The molecular formula is C10H8FNOS. The van der Waals surface area contributed by atoms with Crippen LogP contribution in [0.2, 0.25) is 0 Å². The molecule has 0 atom stereocenters. The van der Waals surface area contributed by atoms with E-state index in [-0.39, 0.29) is 11.7 Å². The molecule has 0 radical (unpaired) electrons. The van der Waals surface area contributed by atoms with E-state index in [0.29, 0.717) is 12.2 Å². The van der Waals surface area contributed by atoms with Crippen LogP contribution in [0.5, 0.6) is 0 Å². The van der Waals surface area contributed by atoms with Crippen molar-refractivity contribution in [2.24, 2.45) is 4.99 Å². The number of amides is 1. The van der Waals surface area contributed by atoms with Crippen LogP contribution in [0.15, 0.2) is 29.3 Å². The molecule has 0 aliphatic carbocycles. The number of hydrogen-bond donors (Lipinski definition) is 0. The Balaban J connectivity index is 2.11. The van der Waals surface area contributed by atoms with E-state index in [2.05, 4.69) is 4.99 Å². The molecule has 1 heterocycles. The lowest BCUT2D eigenvalue weighted by atomic mass is 10.2. The highest BCUT2D eigenvalue weighted by Gasteiger charge is 2.14. The van der Waals surface area contributed by atoms with Crippen LogP contribution in [-0.2, 0) is 11.2 Å². The van der Waals surface area contributed by atoms with Gasteiger partial charge in [-0.15, -0.1) is 11.8 Å². The number of halogens is 1. The Morgan fingerprint density at radius 2 is 2.36 bits per heavy atom. The summed E-state index contributed by atoms with van der Waals surface area (Å²) < 4.78 is 12.8. The Bertz CT molecular complexity index is 403. The summed E-state index contributed by atoms with van der Waals surface area (Å²) in [6.07, 6.45) is 0.550. The van der Waals surface area contributed by atoms with Crippen LogP contribution >= 0.6 is 11.8 Å². The molecule has 1 aromatic rings. The van der Waals surface area contributed by atoms with Gasteiger partial charge in [0.1, 0.15) is 5.82 Å². The first kappa shape index (κ1) is 9.40. The van der Waals surface area contributed by atoms with Crippen LogP contribution in [-0.4, -0.2) is 16.7 Å². The number of nitrogens with zero attached hydrogens (tertiary/aromatic N) is 1. The molecule has 1 aliphatic heterocycles. The Morgan fingerprint density at radius 1 is 1.50 bits per heavy atom. The van der Waals surface area contributed by atoms with Gasteiger partial charge in [-0.05, 0) is 17.7 Å². The molecule has 1 aliphatic rings. The predicted octanol–water partition coefficient (Wildman–Crippen LogP) is 2.04. The van der Waals surface area contributed by atoms with Crippen LogP contribution in [0.3, 0.4) is 0 Å². The first-order valence-corrected chi connectivity index (χ1v) is 5.20. The summed E-state index contributed by atoms with van der Waals surface area (Å²) in [5.74, 6) is 0.0730. The zero-order chi connectivity index (χ0) is 9.97. The van der Waals surface area contributed by atoms with E-state index in [1.54, 1.807) is 6.07 Å². The van der Waals surface area contributed by atoms with Crippen molar-refractivity contribution in [1.29, 1.82) is 0 Å². The maximum absolute atomic E-state index is 12.8. The minimum Gasteiger partial charge on any atom is -0.272 e.